The van der Waals surface area contributed by atoms with Gasteiger partial charge in [-0.05, 0) is 25.0 Å². The molecule has 3 amide bonds. The Kier molecular flexibility index (Phi) is 4.69. The first-order chi connectivity index (χ1) is 11.4. The summed E-state index contributed by atoms with van der Waals surface area (Å²) in [4.78, 5) is 37.4. The van der Waals surface area contributed by atoms with Crippen LogP contribution in [0.25, 0.3) is 0 Å². The molecule has 1 aliphatic heterocycles. The van der Waals surface area contributed by atoms with Gasteiger partial charge in [0.2, 0.25) is 0 Å². The largest absolute Gasteiger partial charge is 0.459 e. The molecule has 0 radical (unpaired) electrons. The minimum absolute atomic E-state index is 0.119. The maximum absolute atomic E-state index is 12.5. The van der Waals surface area contributed by atoms with Gasteiger partial charge in [-0.25, -0.2) is 4.79 Å². The summed E-state index contributed by atoms with van der Waals surface area (Å²) in [7, 11) is 0. The average molecular weight is 371 g/mol. The van der Waals surface area contributed by atoms with Gasteiger partial charge in [0.1, 0.15) is 18.7 Å². The standard InChI is InChI=1S/C16H16Cl2N2O4/c17-11-4-3-5-12(18)10(11)9-24-13(21)8-20-14(22)16(19-15(20)23)6-1-2-7-16/h3-5H,1-2,6-9H2,(H,19,23). The monoisotopic (exact) mass is 370 g/mol. The highest BCUT2D eigenvalue weighted by Gasteiger charge is 2.52. The number of rotatable bonds is 4. The third kappa shape index (κ3) is 3.08. The number of nitrogens with one attached hydrogen (secondary N) is 1. The van der Waals surface area contributed by atoms with E-state index in [9.17, 15) is 14.4 Å². The van der Waals surface area contributed by atoms with Crippen molar-refractivity contribution in [3.05, 3.63) is 33.8 Å². The molecule has 1 aliphatic carbocycles. The minimum atomic E-state index is -0.830. The van der Waals surface area contributed by atoms with Crippen LogP contribution in [0.3, 0.4) is 0 Å². The van der Waals surface area contributed by atoms with Crippen LogP contribution in [-0.4, -0.2) is 34.9 Å². The lowest BCUT2D eigenvalue weighted by Crippen LogP contribution is -2.44. The molecule has 1 heterocycles. The van der Waals surface area contributed by atoms with Crippen LogP contribution in [0.1, 0.15) is 31.2 Å². The van der Waals surface area contributed by atoms with Crippen LogP contribution in [-0.2, 0) is 20.9 Å². The number of hydrogen-bond donors (Lipinski definition) is 1. The molecule has 128 valence electrons. The fourth-order valence-corrected chi connectivity index (χ4v) is 3.64. The molecule has 2 aliphatic rings. The second-order valence-electron chi connectivity index (χ2n) is 5.97. The van der Waals surface area contributed by atoms with E-state index >= 15 is 0 Å². The first-order valence-electron chi connectivity index (χ1n) is 7.65. The third-order valence-electron chi connectivity index (χ3n) is 4.43. The van der Waals surface area contributed by atoms with Crippen molar-refractivity contribution < 1.29 is 19.1 Å². The highest BCUT2D eigenvalue weighted by molar-refractivity contribution is 6.35. The number of carbonyl (C=O) groups excluding carboxylic acids is 3. The number of amides is 3. The molecular formula is C16H16Cl2N2O4. The van der Waals surface area contributed by atoms with Gasteiger partial charge in [-0.2, -0.15) is 0 Å². The van der Waals surface area contributed by atoms with Gasteiger partial charge in [-0.15, -0.1) is 0 Å². The molecule has 1 saturated carbocycles. The summed E-state index contributed by atoms with van der Waals surface area (Å²) >= 11 is 12.0. The number of hydrogen-bond acceptors (Lipinski definition) is 4. The Labute approximate surface area is 149 Å². The van der Waals surface area contributed by atoms with E-state index in [4.69, 9.17) is 27.9 Å². The molecule has 24 heavy (non-hydrogen) atoms. The highest BCUT2D eigenvalue weighted by atomic mass is 35.5. The fourth-order valence-electron chi connectivity index (χ4n) is 3.13. The third-order valence-corrected chi connectivity index (χ3v) is 5.14. The molecule has 0 atom stereocenters. The van der Waals surface area contributed by atoms with E-state index in [-0.39, 0.29) is 12.5 Å². The number of benzene rings is 1. The van der Waals surface area contributed by atoms with Crippen LogP contribution in [0, 0.1) is 0 Å². The van der Waals surface area contributed by atoms with Crippen molar-refractivity contribution in [2.45, 2.75) is 37.8 Å². The molecule has 6 nitrogen and oxygen atoms in total. The minimum Gasteiger partial charge on any atom is -0.459 e. The zero-order valence-corrected chi connectivity index (χ0v) is 14.3. The molecular weight excluding hydrogens is 355 g/mol. The van der Waals surface area contributed by atoms with Crippen molar-refractivity contribution in [3.63, 3.8) is 0 Å². The van der Waals surface area contributed by atoms with Gasteiger partial charge >= 0.3 is 12.0 Å². The summed E-state index contributed by atoms with van der Waals surface area (Å²) in [6.07, 6.45) is 2.99. The molecule has 3 rings (SSSR count). The number of halogens is 2. The molecule has 0 unspecified atom stereocenters. The smallest absolute Gasteiger partial charge is 0.326 e. The molecule has 1 saturated heterocycles. The van der Waals surface area contributed by atoms with E-state index in [1.165, 1.54) is 0 Å². The lowest BCUT2D eigenvalue weighted by Gasteiger charge is -2.19. The Balaban J connectivity index is 1.61. The fraction of sp³-hybridized carbons (Fsp3) is 0.438. The normalized spacial score (nSPS) is 19.0. The Morgan fingerprint density at radius 3 is 2.46 bits per heavy atom. The van der Waals surface area contributed by atoms with Crippen LogP contribution < -0.4 is 5.32 Å². The van der Waals surface area contributed by atoms with Crippen molar-refractivity contribution in [1.82, 2.24) is 10.2 Å². The molecule has 1 aromatic carbocycles. The van der Waals surface area contributed by atoms with Crippen molar-refractivity contribution in [3.8, 4) is 0 Å². The molecule has 0 aromatic heterocycles. The summed E-state index contributed by atoms with van der Waals surface area (Å²) < 4.78 is 5.12. The number of esters is 1. The van der Waals surface area contributed by atoms with E-state index < -0.39 is 24.1 Å². The van der Waals surface area contributed by atoms with Crippen LogP contribution in [0.2, 0.25) is 10.0 Å². The Hall–Kier alpha value is -1.79. The quantitative estimate of drug-likeness (QED) is 0.652. The second kappa shape index (κ2) is 6.61. The average Bonchev–Trinajstić information content (AvgIpc) is 3.08. The van der Waals surface area contributed by atoms with Crippen LogP contribution in [0.5, 0.6) is 0 Å². The lowest BCUT2D eigenvalue weighted by atomic mass is 9.98. The zero-order chi connectivity index (χ0) is 17.3. The number of urea groups is 1. The van der Waals surface area contributed by atoms with Gasteiger partial charge in [0.15, 0.2) is 0 Å². The number of nitrogens with zero attached hydrogens (tertiary/aromatic N) is 1. The predicted molar refractivity (Wildman–Crippen MR) is 87.7 cm³/mol. The SMILES string of the molecule is O=C(CN1C(=O)NC2(CCCC2)C1=O)OCc1c(Cl)cccc1Cl. The Morgan fingerprint density at radius 1 is 1.21 bits per heavy atom. The van der Waals surface area contributed by atoms with Gasteiger partial charge < -0.3 is 10.1 Å². The molecule has 8 heteroatoms. The van der Waals surface area contributed by atoms with E-state index in [0.717, 1.165) is 17.7 Å². The zero-order valence-electron chi connectivity index (χ0n) is 12.8. The van der Waals surface area contributed by atoms with E-state index in [1.807, 2.05) is 0 Å². The van der Waals surface area contributed by atoms with Crippen molar-refractivity contribution in [2.75, 3.05) is 6.54 Å². The molecule has 1 aromatic rings. The second-order valence-corrected chi connectivity index (χ2v) is 6.79. The number of ether oxygens (including phenoxy) is 1. The number of imide groups is 1. The van der Waals surface area contributed by atoms with E-state index in [2.05, 4.69) is 5.32 Å². The topological polar surface area (TPSA) is 75.7 Å². The van der Waals surface area contributed by atoms with Crippen LogP contribution in [0.15, 0.2) is 18.2 Å². The molecule has 0 bridgehead atoms. The van der Waals surface area contributed by atoms with Crippen molar-refractivity contribution >= 4 is 41.1 Å². The Morgan fingerprint density at radius 2 is 1.83 bits per heavy atom. The van der Waals surface area contributed by atoms with Gasteiger partial charge in [0.25, 0.3) is 5.91 Å². The summed E-state index contributed by atoms with van der Waals surface area (Å²) in [5, 5.41) is 3.48. The maximum Gasteiger partial charge on any atom is 0.326 e. The summed E-state index contributed by atoms with van der Waals surface area (Å²) in [5.74, 6) is -1.04. The highest BCUT2D eigenvalue weighted by Crippen LogP contribution is 2.35. The van der Waals surface area contributed by atoms with Crippen LogP contribution in [0.4, 0.5) is 4.79 Å². The van der Waals surface area contributed by atoms with Gasteiger partial charge in [-0.1, -0.05) is 42.1 Å². The van der Waals surface area contributed by atoms with Crippen molar-refractivity contribution in [1.29, 1.82) is 0 Å². The molecule has 2 fully saturated rings. The maximum atomic E-state index is 12.5. The summed E-state index contributed by atoms with van der Waals surface area (Å²) in [5.41, 5.74) is -0.345. The predicted octanol–water partition coefficient (Wildman–Crippen LogP) is 2.90. The van der Waals surface area contributed by atoms with Gasteiger partial charge in [0.05, 0.1) is 0 Å². The lowest BCUT2D eigenvalue weighted by molar-refractivity contribution is -0.148. The van der Waals surface area contributed by atoms with Crippen molar-refractivity contribution in [2.24, 2.45) is 0 Å². The molecule has 1 N–H and O–H groups in total. The summed E-state index contributed by atoms with van der Waals surface area (Å²) in [6, 6.07) is 4.41. The van der Waals surface area contributed by atoms with Gasteiger partial charge in [-0.3, -0.25) is 14.5 Å². The number of carbonyl (C=O) groups is 3. The first-order valence-corrected chi connectivity index (χ1v) is 8.41. The van der Waals surface area contributed by atoms with E-state index in [1.54, 1.807) is 18.2 Å². The van der Waals surface area contributed by atoms with Gasteiger partial charge in [0, 0.05) is 15.6 Å². The summed E-state index contributed by atoms with van der Waals surface area (Å²) in [6.45, 7) is -0.541. The van der Waals surface area contributed by atoms with Crippen LogP contribution >= 0.6 is 23.2 Å². The first kappa shape index (κ1) is 17.0. The molecule has 1 spiro atoms. The Bertz CT molecular complexity index is 681. The van der Waals surface area contributed by atoms with E-state index in [0.29, 0.717) is 28.5 Å².